The summed E-state index contributed by atoms with van der Waals surface area (Å²) < 4.78 is 38.8. The fourth-order valence-corrected chi connectivity index (χ4v) is 2.26. The summed E-state index contributed by atoms with van der Waals surface area (Å²) in [6.07, 6.45) is -4.93. The number of rotatable bonds is 4. The molecular weight excluding hydrogens is 411 g/mol. The fraction of sp³-hybridized carbons (Fsp3) is 0.0714. The number of nitrogen functional groups attached to an aromatic ring is 1. The molecule has 2 aromatic rings. The molecule has 0 aromatic heterocycles. The molecule has 0 aliphatic carbocycles. The SMILES string of the molecule is Nc1c(NC(=O)Nc2ccc(Cl)c([N+](=O)[O-])c2)cc(C(F)(F)F)cc1[N+](=O)[O-]. The molecule has 0 saturated carbocycles. The van der Waals surface area contributed by atoms with Crippen LogP contribution in [0.1, 0.15) is 5.56 Å². The van der Waals surface area contributed by atoms with Crippen molar-refractivity contribution in [3.05, 3.63) is 61.1 Å². The molecule has 2 aromatic carbocycles. The topological polar surface area (TPSA) is 153 Å². The highest BCUT2D eigenvalue weighted by atomic mass is 35.5. The van der Waals surface area contributed by atoms with Crippen LogP contribution in [0.2, 0.25) is 5.02 Å². The molecule has 0 unspecified atom stereocenters. The smallest absolute Gasteiger partial charge is 0.391 e. The van der Waals surface area contributed by atoms with Gasteiger partial charge in [-0.25, -0.2) is 4.79 Å². The minimum atomic E-state index is -4.93. The first kappa shape index (κ1) is 20.7. The van der Waals surface area contributed by atoms with Crippen molar-refractivity contribution in [2.75, 3.05) is 16.4 Å². The third kappa shape index (κ3) is 4.56. The highest BCUT2D eigenvalue weighted by Crippen LogP contribution is 2.38. The number of alkyl halides is 3. The number of nitro groups is 2. The molecular formula is C14H9ClF3N5O5. The van der Waals surface area contributed by atoms with Crippen LogP contribution in [-0.4, -0.2) is 15.9 Å². The van der Waals surface area contributed by atoms with Crippen molar-refractivity contribution in [3.8, 4) is 0 Å². The van der Waals surface area contributed by atoms with E-state index in [1.54, 1.807) is 0 Å². The minimum absolute atomic E-state index is 0.103. The van der Waals surface area contributed by atoms with Crippen molar-refractivity contribution in [1.82, 2.24) is 0 Å². The molecule has 0 saturated heterocycles. The van der Waals surface area contributed by atoms with Crippen LogP contribution in [0.25, 0.3) is 0 Å². The Morgan fingerprint density at radius 2 is 1.64 bits per heavy atom. The maximum Gasteiger partial charge on any atom is 0.416 e. The molecule has 0 fully saturated rings. The van der Waals surface area contributed by atoms with E-state index in [9.17, 15) is 38.2 Å². The Balaban J connectivity index is 2.33. The molecule has 148 valence electrons. The summed E-state index contributed by atoms with van der Waals surface area (Å²) in [6, 6.07) is 2.76. The molecule has 4 N–H and O–H groups in total. The monoisotopic (exact) mass is 419 g/mol. The van der Waals surface area contributed by atoms with Crippen LogP contribution in [0.5, 0.6) is 0 Å². The summed E-state index contributed by atoms with van der Waals surface area (Å²) in [4.78, 5) is 31.8. The van der Waals surface area contributed by atoms with Crippen molar-refractivity contribution in [1.29, 1.82) is 0 Å². The second-order valence-electron chi connectivity index (χ2n) is 5.21. The summed E-state index contributed by atoms with van der Waals surface area (Å²) >= 11 is 5.63. The average Bonchev–Trinajstić information content (AvgIpc) is 2.56. The molecule has 0 aliphatic heterocycles. The lowest BCUT2D eigenvalue weighted by Gasteiger charge is -2.13. The summed E-state index contributed by atoms with van der Waals surface area (Å²) in [6.45, 7) is 0. The number of halogens is 4. The van der Waals surface area contributed by atoms with Crippen molar-refractivity contribution < 1.29 is 27.8 Å². The number of anilines is 3. The second-order valence-corrected chi connectivity index (χ2v) is 5.62. The molecule has 0 bridgehead atoms. The number of carbonyl (C=O) groups is 1. The first-order valence-corrected chi connectivity index (χ1v) is 7.45. The Labute approximate surface area is 158 Å². The molecule has 10 nitrogen and oxygen atoms in total. The lowest BCUT2D eigenvalue weighted by Crippen LogP contribution is -2.21. The van der Waals surface area contributed by atoms with Gasteiger partial charge in [-0.15, -0.1) is 0 Å². The predicted octanol–water partition coefficient (Wildman–Crippen LogP) is 4.40. The molecule has 0 aliphatic rings. The Morgan fingerprint density at radius 3 is 2.18 bits per heavy atom. The Morgan fingerprint density at radius 1 is 1.04 bits per heavy atom. The van der Waals surface area contributed by atoms with Crippen LogP contribution in [0.15, 0.2) is 30.3 Å². The predicted molar refractivity (Wildman–Crippen MR) is 93.3 cm³/mol. The molecule has 28 heavy (non-hydrogen) atoms. The fourth-order valence-electron chi connectivity index (χ4n) is 2.07. The van der Waals surface area contributed by atoms with Gasteiger partial charge in [0.05, 0.1) is 21.1 Å². The number of urea groups is 1. The van der Waals surface area contributed by atoms with Gasteiger partial charge in [-0.05, 0) is 18.2 Å². The maximum absolute atomic E-state index is 12.9. The van der Waals surface area contributed by atoms with Gasteiger partial charge in [-0.3, -0.25) is 20.2 Å². The van der Waals surface area contributed by atoms with Gasteiger partial charge >= 0.3 is 12.2 Å². The zero-order valence-corrected chi connectivity index (χ0v) is 14.2. The van der Waals surface area contributed by atoms with E-state index in [-0.39, 0.29) is 16.8 Å². The summed E-state index contributed by atoms with van der Waals surface area (Å²) in [5.74, 6) is 0. The summed E-state index contributed by atoms with van der Waals surface area (Å²) in [7, 11) is 0. The maximum atomic E-state index is 12.9. The highest BCUT2D eigenvalue weighted by molar-refractivity contribution is 6.32. The average molecular weight is 420 g/mol. The molecule has 0 atom stereocenters. The van der Waals surface area contributed by atoms with E-state index in [2.05, 4.69) is 5.32 Å². The normalized spacial score (nSPS) is 11.0. The van der Waals surface area contributed by atoms with E-state index in [1.165, 1.54) is 6.07 Å². The lowest BCUT2D eigenvalue weighted by molar-refractivity contribution is -0.384. The van der Waals surface area contributed by atoms with Crippen LogP contribution in [-0.2, 0) is 6.18 Å². The van der Waals surface area contributed by atoms with Gasteiger partial charge in [0.15, 0.2) is 0 Å². The first-order chi connectivity index (χ1) is 12.9. The quantitative estimate of drug-likeness (QED) is 0.379. The van der Waals surface area contributed by atoms with E-state index in [4.69, 9.17) is 17.3 Å². The third-order valence-electron chi connectivity index (χ3n) is 3.33. The van der Waals surface area contributed by atoms with Crippen LogP contribution < -0.4 is 16.4 Å². The molecule has 0 radical (unpaired) electrons. The largest absolute Gasteiger partial charge is 0.416 e. The van der Waals surface area contributed by atoms with E-state index >= 15 is 0 Å². The molecule has 2 rings (SSSR count). The van der Waals surface area contributed by atoms with Crippen LogP contribution in [0.3, 0.4) is 0 Å². The minimum Gasteiger partial charge on any atom is -0.391 e. The van der Waals surface area contributed by atoms with E-state index in [1.807, 2.05) is 5.32 Å². The van der Waals surface area contributed by atoms with E-state index < -0.39 is 50.4 Å². The van der Waals surface area contributed by atoms with Gasteiger partial charge in [0.1, 0.15) is 10.7 Å². The molecule has 0 spiro atoms. The number of benzene rings is 2. The number of amides is 2. The van der Waals surface area contributed by atoms with Crippen LogP contribution in [0, 0.1) is 20.2 Å². The molecule has 2 amide bonds. The van der Waals surface area contributed by atoms with Gasteiger partial charge in [0.25, 0.3) is 11.4 Å². The number of nitrogens with zero attached hydrogens (tertiary/aromatic N) is 2. The van der Waals surface area contributed by atoms with E-state index in [0.717, 1.165) is 12.1 Å². The Kier molecular flexibility index (Phi) is 5.59. The zero-order chi connectivity index (χ0) is 21.2. The number of nitrogens with two attached hydrogens (primary N) is 1. The Bertz CT molecular complexity index is 983. The van der Waals surface area contributed by atoms with Gasteiger partial charge in [-0.1, -0.05) is 11.6 Å². The summed E-state index contributed by atoms with van der Waals surface area (Å²) in [5.41, 5.74) is 1.03. The van der Waals surface area contributed by atoms with Gasteiger partial charge in [0.2, 0.25) is 0 Å². The van der Waals surface area contributed by atoms with Crippen molar-refractivity contribution >= 4 is 46.1 Å². The van der Waals surface area contributed by atoms with Crippen molar-refractivity contribution in [3.63, 3.8) is 0 Å². The number of nitrogens with one attached hydrogen (secondary N) is 2. The molecule has 14 heteroatoms. The van der Waals surface area contributed by atoms with Gasteiger partial charge in [-0.2, -0.15) is 13.2 Å². The van der Waals surface area contributed by atoms with Crippen molar-refractivity contribution in [2.24, 2.45) is 0 Å². The highest BCUT2D eigenvalue weighted by Gasteiger charge is 2.34. The third-order valence-corrected chi connectivity index (χ3v) is 3.65. The van der Waals surface area contributed by atoms with Gasteiger partial charge in [0, 0.05) is 17.8 Å². The van der Waals surface area contributed by atoms with Crippen LogP contribution in [0.4, 0.5) is 46.4 Å². The number of hydrogen-bond donors (Lipinski definition) is 3. The molecule has 0 heterocycles. The van der Waals surface area contributed by atoms with E-state index in [0.29, 0.717) is 6.07 Å². The number of nitro benzene ring substituents is 2. The van der Waals surface area contributed by atoms with Gasteiger partial charge < -0.3 is 16.4 Å². The Hall–Kier alpha value is -3.61. The van der Waals surface area contributed by atoms with Crippen LogP contribution >= 0.6 is 11.6 Å². The lowest BCUT2D eigenvalue weighted by atomic mass is 10.1. The number of hydrogen-bond acceptors (Lipinski definition) is 6. The first-order valence-electron chi connectivity index (χ1n) is 7.07. The second kappa shape index (κ2) is 7.56. The van der Waals surface area contributed by atoms with Crippen molar-refractivity contribution in [2.45, 2.75) is 6.18 Å². The standard InChI is InChI=1S/C14H9ClF3N5O5/c15-8-2-1-7(5-10(8)22(25)26)20-13(24)21-9-3-6(14(16,17)18)4-11(12(9)19)23(27)28/h1-5H,19H2,(H2,20,21,24). The zero-order valence-electron chi connectivity index (χ0n) is 13.4. The number of carbonyl (C=O) groups excluding carboxylic acids is 1. The summed E-state index contributed by atoms with van der Waals surface area (Å²) in [5, 5.41) is 25.6.